The quantitative estimate of drug-likeness (QED) is 0.805. The molecule has 0 aromatic heterocycles. The van der Waals surface area contributed by atoms with Gasteiger partial charge in [0, 0.05) is 25.6 Å². The number of aliphatic hydroxyl groups excluding tert-OH is 1. The minimum absolute atomic E-state index is 0.219. The Labute approximate surface area is 122 Å². The molecule has 0 fully saturated rings. The third-order valence-corrected chi connectivity index (χ3v) is 4.11. The van der Waals surface area contributed by atoms with Crippen LogP contribution in [0.5, 0.6) is 5.75 Å². The van der Waals surface area contributed by atoms with Gasteiger partial charge in [-0.1, -0.05) is 26.0 Å². The Morgan fingerprint density at radius 1 is 1.40 bits per heavy atom. The molecule has 3 nitrogen and oxygen atoms in total. The zero-order chi connectivity index (χ0) is 14.6. The van der Waals surface area contributed by atoms with E-state index in [4.69, 9.17) is 9.84 Å². The first-order valence-corrected chi connectivity index (χ1v) is 7.62. The number of hydrogen-bond donors (Lipinski definition) is 2. The Bertz CT molecular complexity index is 443. The van der Waals surface area contributed by atoms with Gasteiger partial charge in [0.1, 0.15) is 5.75 Å². The molecule has 1 aliphatic heterocycles. The van der Waals surface area contributed by atoms with E-state index in [-0.39, 0.29) is 12.0 Å². The van der Waals surface area contributed by atoms with Gasteiger partial charge in [-0.05, 0) is 42.4 Å². The molecular formula is C17H27NO2. The van der Waals surface area contributed by atoms with Crippen LogP contribution in [0.15, 0.2) is 18.2 Å². The molecule has 112 valence electrons. The fourth-order valence-corrected chi connectivity index (χ4v) is 2.67. The molecule has 0 saturated carbocycles. The first-order valence-electron chi connectivity index (χ1n) is 7.62. The number of fused-ring (bicyclic) bond motifs is 1. The van der Waals surface area contributed by atoms with Gasteiger partial charge in [-0.25, -0.2) is 0 Å². The minimum Gasteiger partial charge on any atom is -0.493 e. The van der Waals surface area contributed by atoms with E-state index in [0.29, 0.717) is 6.04 Å². The predicted molar refractivity (Wildman–Crippen MR) is 82.2 cm³/mol. The fraction of sp³-hybridized carbons (Fsp3) is 0.647. The summed E-state index contributed by atoms with van der Waals surface area (Å²) in [5.74, 6) is 1.05. The maximum absolute atomic E-state index is 8.94. The Morgan fingerprint density at radius 3 is 2.95 bits per heavy atom. The number of aliphatic hydroxyl groups is 1. The van der Waals surface area contributed by atoms with Crippen molar-refractivity contribution in [2.45, 2.75) is 46.1 Å². The van der Waals surface area contributed by atoms with E-state index < -0.39 is 0 Å². The molecule has 0 amide bonds. The summed E-state index contributed by atoms with van der Waals surface area (Å²) in [6, 6.07) is 6.85. The van der Waals surface area contributed by atoms with Crippen LogP contribution in [-0.2, 0) is 6.42 Å². The van der Waals surface area contributed by atoms with E-state index in [9.17, 15) is 0 Å². The lowest BCUT2D eigenvalue weighted by atomic mass is 9.87. The van der Waals surface area contributed by atoms with Gasteiger partial charge in [0.2, 0.25) is 0 Å². The molecule has 2 rings (SSSR count). The summed E-state index contributed by atoms with van der Waals surface area (Å²) in [4.78, 5) is 0. The summed E-state index contributed by atoms with van der Waals surface area (Å²) < 4.78 is 5.55. The topological polar surface area (TPSA) is 41.5 Å². The zero-order valence-corrected chi connectivity index (χ0v) is 12.9. The molecular weight excluding hydrogens is 250 g/mol. The highest BCUT2D eigenvalue weighted by molar-refractivity contribution is 5.40. The third kappa shape index (κ3) is 3.97. The van der Waals surface area contributed by atoms with E-state index in [1.165, 1.54) is 11.1 Å². The average molecular weight is 277 g/mol. The Hall–Kier alpha value is -1.06. The second kappa shape index (κ2) is 6.59. The molecule has 1 aromatic carbocycles. The zero-order valence-electron chi connectivity index (χ0n) is 12.9. The SMILES string of the molecule is CC(NCC(C)(C)CCCO)c1ccc2c(c1)CCO2. The third-order valence-electron chi connectivity index (χ3n) is 4.11. The van der Waals surface area contributed by atoms with Gasteiger partial charge in [-0.2, -0.15) is 0 Å². The van der Waals surface area contributed by atoms with Gasteiger partial charge in [0.25, 0.3) is 0 Å². The molecule has 1 unspecified atom stereocenters. The molecule has 1 heterocycles. The largest absolute Gasteiger partial charge is 0.493 e. The number of hydrogen-bond acceptors (Lipinski definition) is 3. The molecule has 1 aliphatic rings. The Balaban J connectivity index is 1.90. The lowest BCUT2D eigenvalue weighted by Gasteiger charge is -2.27. The number of rotatable bonds is 7. The number of nitrogens with one attached hydrogen (secondary N) is 1. The van der Waals surface area contributed by atoms with Crippen molar-refractivity contribution in [1.29, 1.82) is 0 Å². The van der Waals surface area contributed by atoms with Crippen molar-refractivity contribution < 1.29 is 9.84 Å². The summed E-state index contributed by atoms with van der Waals surface area (Å²) in [7, 11) is 0. The van der Waals surface area contributed by atoms with Crippen molar-refractivity contribution in [3.8, 4) is 5.75 Å². The van der Waals surface area contributed by atoms with Crippen LogP contribution in [0, 0.1) is 5.41 Å². The van der Waals surface area contributed by atoms with Crippen molar-refractivity contribution in [2.24, 2.45) is 5.41 Å². The monoisotopic (exact) mass is 277 g/mol. The summed E-state index contributed by atoms with van der Waals surface area (Å²) in [6.07, 6.45) is 2.94. The summed E-state index contributed by atoms with van der Waals surface area (Å²) in [5.41, 5.74) is 2.87. The normalized spacial score (nSPS) is 15.8. The highest BCUT2D eigenvalue weighted by atomic mass is 16.5. The van der Waals surface area contributed by atoms with Crippen LogP contribution >= 0.6 is 0 Å². The highest BCUT2D eigenvalue weighted by Crippen LogP contribution is 2.29. The number of ether oxygens (including phenoxy) is 1. The first kappa shape index (κ1) is 15.3. The molecule has 0 bridgehead atoms. The van der Waals surface area contributed by atoms with Gasteiger partial charge in [0.05, 0.1) is 6.61 Å². The van der Waals surface area contributed by atoms with Crippen molar-refractivity contribution in [3.63, 3.8) is 0 Å². The van der Waals surface area contributed by atoms with Gasteiger partial charge in [-0.15, -0.1) is 0 Å². The smallest absolute Gasteiger partial charge is 0.122 e. The van der Waals surface area contributed by atoms with Gasteiger partial charge < -0.3 is 15.2 Å². The molecule has 0 saturated heterocycles. The van der Waals surface area contributed by atoms with Crippen LogP contribution in [0.25, 0.3) is 0 Å². The molecule has 2 N–H and O–H groups in total. The lowest BCUT2D eigenvalue weighted by Crippen LogP contribution is -2.31. The molecule has 1 aromatic rings. The van der Waals surface area contributed by atoms with Crippen LogP contribution in [-0.4, -0.2) is 24.9 Å². The molecule has 3 heteroatoms. The van der Waals surface area contributed by atoms with E-state index in [2.05, 4.69) is 44.3 Å². The van der Waals surface area contributed by atoms with Crippen molar-refractivity contribution in [1.82, 2.24) is 5.32 Å². The summed E-state index contributed by atoms with van der Waals surface area (Å²) in [5, 5.41) is 12.6. The van der Waals surface area contributed by atoms with E-state index in [1.807, 2.05) is 0 Å². The average Bonchev–Trinajstić information content (AvgIpc) is 2.90. The first-order chi connectivity index (χ1) is 9.52. The maximum atomic E-state index is 8.94. The van der Waals surface area contributed by atoms with Crippen LogP contribution in [0.3, 0.4) is 0 Å². The standard InChI is InChI=1S/C17H27NO2/c1-13(18-12-17(2,3)8-4-9-19)14-5-6-16-15(11-14)7-10-20-16/h5-6,11,13,18-19H,4,7-10,12H2,1-3H3. The van der Waals surface area contributed by atoms with Crippen molar-refractivity contribution >= 4 is 0 Å². The van der Waals surface area contributed by atoms with E-state index >= 15 is 0 Å². The van der Waals surface area contributed by atoms with Crippen molar-refractivity contribution in [2.75, 3.05) is 19.8 Å². The minimum atomic E-state index is 0.219. The van der Waals surface area contributed by atoms with E-state index in [0.717, 1.165) is 38.2 Å². The molecule has 0 spiro atoms. The summed E-state index contributed by atoms with van der Waals surface area (Å²) >= 11 is 0. The van der Waals surface area contributed by atoms with Gasteiger partial charge >= 0.3 is 0 Å². The van der Waals surface area contributed by atoms with Crippen molar-refractivity contribution in [3.05, 3.63) is 29.3 Å². The van der Waals surface area contributed by atoms with Crippen LogP contribution in [0.1, 0.15) is 50.8 Å². The Morgan fingerprint density at radius 2 is 2.20 bits per heavy atom. The molecule has 1 atom stereocenters. The lowest BCUT2D eigenvalue weighted by molar-refractivity contribution is 0.233. The maximum Gasteiger partial charge on any atom is 0.122 e. The highest BCUT2D eigenvalue weighted by Gasteiger charge is 2.19. The second-order valence-corrected chi connectivity index (χ2v) is 6.56. The van der Waals surface area contributed by atoms with Gasteiger partial charge in [0.15, 0.2) is 0 Å². The van der Waals surface area contributed by atoms with Gasteiger partial charge in [-0.3, -0.25) is 0 Å². The fourth-order valence-electron chi connectivity index (χ4n) is 2.67. The van der Waals surface area contributed by atoms with Crippen LogP contribution in [0.4, 0.5) is 0 Å². The van der Waals surface area contributed by atoms with Crippen LogP contribution < -0.4 is 10.1 Å². The molecule has 0 radical (unpaired) electrons. The molecule has 0 aliphatic carbocycles. The molecule has 20 heavy (non-hydrogen) atoms. The van der Waals surface area contributed by atoms with E-state index in [1.54, 1.807) is 0 Å². The number of benzene rings is 1. The Kier molecular flexibility index (Phi) is 5.06. The second-order valence-electron chi connectivity index (χ2n) is 6.56. The predicted octanol–water partition coefficient (Wildman–Crippen LogP) is 3.07. The van der Waals surface area contributed by atoms with Crippen LogP contribution in [0.2, 0.25) is 0 Å². The summed E-state index contributed by atoms with van der Waals surface area (Å²) in [6.45, 7) is 8.76.